The van der Waals surface area contributed by atoms with Crippen LogP contribution in [0.3, 0.4) is 0 Å². The molecule has 0 radical (unpaired) electrons. The lowest BCUT2D eigenvalue weighted by molar-refractivity contribution is 0.0202. The Morgan fingerprint density at radius 2 is 1.49 bits per heavy atom. The Kier molecular flexibility index (Phi) is 8.31. The van der Waals surface area contributed by atoms with Gasteiger partial charge in [-0.25, -0.2) is 9.48 Å². The highest BCUT2D eigenvalue weighted by Crippen LogP contribution is 2.34. The molecule has 2 amide bonds. The Morgan fingerprint density at radius 1 is 0.846 bits per heavy atom. The van der Waals surface area contributed by atoms with Gasteiger partial charge in [-0.15, -0.1) is 0 Å². The molecule has 8 heteroatoms. The van der Waals surface area contributed by atoms with Crippen molar-refractivity contribution < 1.29 is 14.3 Å². The van der Waals surface area contributed by atoms with Crippen molar-refractivity contribution in [1.82, 2.24) is 24.5 Å². The van der Waals surface area contributed by atoms with Gasteiger partial charge < -0.3 is 14.5 Å². The molecule has 0 bridgehead atoms. The van der Waals surface area contributed by atoms with Crippen molar-refractivity contribution in [2.24, 2.45) is 0 Å². The van der Waals surface area contributed by atoms with E-state index in [1.807, 2.05) is 30.4 Å². The van der Waals surface area contributed by atoms with Crippen LogP contribution in [0.15, 0.2) is 30.5 Å². The van der Waals surface area contributed by atoms with Gasteiger partial charge in [0, 0.05) is 51.2 Å². The summed E-state index contributed by atoms with van der Waals surface area (Å²) in [5.74, 6) is 0.219. The zero-order valence-electron chi connectivity index (χ0n) is 24.2. The fourth-order valence-corrected chi connectivity index (χ4v) is 6.38. The maximum absolute atomic E-state index is 13.9. The monoisotopic (exact) mass is 535 g/mol. The third-order valence-electron chi connectivity index (χ3n) is 8.54. The summed E-state index contributed by atoms with van der Waals surface area (Å²) in [7, 11) is 0. The molecule has 2 aromatic rings. The summed E-state index contributed by atoms with van der Waals surface area (Å²) in [6.07, 6.45) is 9.66. The standard InChI is InChI=1S/C31H45N5O3/c1-23-10-12-26(13-11-23)36-28(24-14-16-35(17-15-24)30(38)39-31(2,3)4)27(22-32-36)29(37)34-20-18-33(19-21-34)25-8-6-5-7-9-25/h10-13,22,24-25H,5-9,14-21H2,1-4H3. The van der Waals surface area contributed by atoms with Crippen LogP contribution in [0.25, 0.3) is 5.69 Å². The molecule has 0 unspecified atom stereocenters. The number of piperidine rings is 1. The van der Waals surface area contributed by atoms with Crippen molar-refractivity contribution >= 4 is 12.0 Å². The highest BCUT2D eigenvalue weighted by atomic mass is 16.6. The second kappa shape index (κ2) is 11.7. The van der Waals surface area contributed by atoms with Crippen molar-refractivity contribution in [1.29, 1.82) is 0 Å². The van der Waals surface area contributed by atoms with Gasteiger partial charge in [-0.3, -0.25) is 9.69 Å². The largest absolute Gasteiger partial charge is 0.444 e. The van der Waals surface area contributed by atoms with Crippen molar-refractivity contribution in [3.8, 4) is 5.69 Å². The van der Waals surface area contributed by atoms with Crippen LogP contribution >= 0.6 is 0 Å². The maximum atomic E-state index is 13.9. The number of piperazine rings is 1. The lowest BCUT2D eigenvalue weighted by Gasteiger charge is -2.41. The summed E-state index contributed by atoms with van der Waals surface area (Å²) >= 11 is 0. The number of carbonyl (C=O) groups excluding carboxylic acids is 2. The molecule has 1 saturated carbocycles. The molecule has 8 nitrogen and oxygen atoms in total. The minimum Gasteiger partial charge on any atom is -0.444 e. The number of hydrogen-bond donors (Lipinski definition) is 0. The first kappa shape index (κ1) is 27.7. The molecule has 3 heterocycles. The molecule has 1 aliphatic carbocycles. The molecule has 0 N–H and O–H groups in total. The number of amides is 2. The lowest BCUT2D eigenvalue weighted by Crippen LogP contribution is -2.52. The van der Waals surface area contributed by atoms with Crippen LogP contribution in [0.5, 0.6) is 0 Å². The van der Waals surface area contributed by atoms with E-state index in [0.29, 0.717) is 24.7 Å². The third-order valence-corrected chi connectivity index (χ3v) is 8.54. The lowest BCUT2D eigenvalue weighted by atomic mass is 9.90. The number of carbonyl (C=O) groups is 2. The van der Waals surface area contributed by atoms with Gasteiger partial charge in [-0.2, -0.15) is 5.10 Å². The van der Waals surface area contributed by atoms with E-state index < -0.39 is 5.60 Å². The number of hydrogen-bond acceptors (Lipinski definition) is 5. The van der Waals surface area contributed by atoms with Crippen LogP contribution in [0.4, 0.5) is 4.79 Å². The predicted octanol–water partition coefficient (Wildman–Crippen LogP) is 5.39. The smallest absolute Gasteiger partial charge is 0.410 e. The Morgan fingerprint density at radius 3 is 2.10 bits per heavy atom. The first-order valence-corrected chi connectivity index (χ1v) is 14.9. The molecule has 2 aliphatic heterocycles. The van der Waals surface area contributed by atoms with Gasteiger partial charge in [0.1, 0.15) is 5.60 Å². The number of benzene rings is 1. The van der Waals surface area contributed by atoms with E-state index in [9.17, 15) is 9.59 Å². The van der Waals surface area contributed by atoms with Crippen LogP contribution in [0.2, 0.25) is 0 Å². The summed E-state index contributed by atoms with van der Waals surface area (Å²) < 4.78 is 7.56. The van der Waals surface area contributed by atoms with E-state index in [-0.39, 0.29) is 17.9 Å². The molecule has 5 rings (SSSR count). The number of aryl methyl sites for hydroxylation is 1. The average molecular weight is 536 g/mol. The summed E-state index contributed by atoms with van der Waals surface area (Å²) in [6.45, 7) is 12.4. The Balaban J connectivity index is 1.33. The number of nitrogens with zero attached hydrogens (tertiary/aromatic N) is 5. The fraction of sp³-hybridized carbons (Fsp3) is 0.645. The van der Waals surface area contributed by atoms with Gasteiger partial charge in [0.25, 0.3) is 5.91 Å². The van der Waals surface area contributed by atoms with Gasteiger partial charge in [0.05, 0.1) is 23.1 Å². The summed E-state index contributed by atoms with van der Waals surface area (Å²) in [5, 5.41) is 4.75. The quantitative estimate of drug-likeness (QED) is 0.525. The highest BCUT2D eigenvalue weighted by molar-refractivity contribution is 5.95. The molecule has 3 fully saturated rings. The molecule has 1 aromatic carbocycles. The maximum Gasteiger partial charge on any atom is 0.410 e. The number of likely N-dealkylation sites (tertiary alicyclic amines) is 1. The molecule has 0 spiro atoms. The van der Waals surface area contributed by atoms with E-state index in [1.165, 1.54) is 37.7 Å². The Bertz CT molecular complexity index is 1130. The van der Waals surface area contributed by atoms with Crippen LogP contribution in [0.1, 0.15) is 93.3 Å². The molecule has 39 heavy (non-hydrogen) atoms. The van der Waals surface area contributed by atoms with Crippen molar-refractivity contribution in [2.45, 2.75) is 90.2 Å². The molecule has 2 saturated heterocycles. The Hall–Kier alpha value is -2.87. The fourth-order valence-electron chi connectivity index (χ4n) is 6.38. The second-order valence-corrected chi connectivity index (χ2v) is 12.6. The van der Waals surface area contributed by atoms with E-state index in [1.54, 1.807) is 11.1 Å². The van der Waals surface area contributed by atoms with Crippen LogP contribution in [-0.2, 0) is 4.74 Å². The molecule has 1 aromatic heterocycles. The van der Waals surface area contributed by atoms with Gasteiger partial charge >= 0.3 is 6.09 Å². The van der Waals surface area contributed by atoms with Crippen molar-refractivity contribution in [3.05, 3.63) is 47.3 Å². The molecule has 3 aliphatic rings. The Labute approximate surface area is 233 Å². The van der Waals surface area contributed by atoms with E-state index in [4.69, 9.17) is 9.84 Å². The third kappa shape index (κ3) is 6.48. The van der Waals surface area contributed by atoms with Crippen LogP contribution in [0, 0.1) is 6.92 Å². The zero-order chi connectivity index (χ0) is 27.6. The minimum absolute atomic E-state index is 0.0845. The molecular weight excluding hydrogens is 490 g/mol. The highest BCUT2D eigenvalue weighted by Gasteiger charge is 2.34. The van der Waals surface area contributed by atoms with E-state index in [2.05, 4.69) is 36.1 Å². The minimum atomic E-state index is -0.515. The summed E-state index contributed by atoms with van der Waals surface area (Å²) in [5.41, 5.74) is 3.31. The molecular formula is C31H45N5O3. The zero-order valence-corrected chi connectivity index (χ0v) is 24.2. The van der Waals surface area contributed by atoms with E-state index >= 15 is 0 Å². The van der Waals surface area contributed by atoms with Crippen molar-refractivity contribution in [2.75, 3.05) is 39.3 Å². The summed E-state index contributed by atoms with van der Waals surface area (Å²) in [6, 6.07) is 8.99. The number of aromatic nitrogens is 2. The van der Waals surface area contributed by atoms with Crippen LogP contribution in [-0.4, -0.2) is 87.4 Å². The first-order chi connectivity index (χ1) is 18.7. The van der Waals surface area contributed by atoms with Crippen LogP contribution < -0.4 is 0 Å². The normalized spacial score (nSPS) is 20.3. The van der Waals surface area contributed by atoms with Gasteiger partial charge in [0.2, 0.25) is 0 Å². The molecule has 212 valence electrons. The number of ether oxygens (including phenoxy) is 1. The second-order valence-electron chi connectivity index (χ2n) is 12.6. The average Bonchev–Trinajstić information content (AvgIpc) is 3.38. The molecule has 0 atom stereocenters. The predicted molar refractivity (Wildman–Crippen MR) is 152 cm³/mol. The summed E-state index contributed by atoms with van der Waals surface area (Å²) in [4.78, 5) is 33.0. The van der Waals surface area contributed by atoms with Gasteiger partial charge in [-0.1, -0.05) is 37.0 Å². The van der Waals surface area contributed by atoms with Crippen molar-refractivity contribution in [3.63, 3.8) is 0 Å². The van der Waals surface area contributed by atoms with Gasteiger partial charge in [0.15, 0.2) is 0 Å². The number of rotatable bonds is 4. The van der Waals surface area contributed by atoms with Gasteiger partial charge in [-0.05, 0) is 65.5 Å². The topological polar surface area (TPSA) is 70.9 Å². The SMILES string of the molecule is Cc1ccc(-n2ncc(C(=O)N3CCN(C4CCCCC4)CC3)c2C2CCN(C(=O)OC(C)(C)C)CC2)cc1. The van der Waals surface area contributed by atoms with E-state index in [0.717, 1.165) is 50.4 Å². The first-order valence-electron chi connectivity index (χ1n) is 14.9.